The summed E-state index contributed by atoms with van der Waals surface area (Å²) in [4.78, 5) is 29.1. The molecule has 1 N–H and O–H groups in total. The van der Waals surface area contributed by atoms with E-state index in [4.69, 9.17) is 25.5 Å². The molecule has 5 rings (SSSR count). The predicted molar refractivity (Wildman–Crippen MR) is 126 cm³/mol. The summed E-state index contributed by atoms with van der Waals surface area (Å²) in [6, 6.07) is 19.4. The zero-order valence-corrected chi connectivity index (χ0v) is 18.2. The number of nitrogens with one attached hydrogen (secondary N) is 1. The molecular formula is C25H17ClN2O5. The van der Waals surface area contributed by atoms with Crippen molar-refractivity contribution in [2.75, 3.05) is 19.0 Å². The Morgan fingerprint density at radius 2 is 1.85 bits per heavy atom. The van der Waals surface area contributed by atoms with E-state index < -0.39 is 18.5 Å². The minimum Gasteiger partial charge on any atom is -0.495 e. The molecule has 1 amide bonds. The Balaban J connectivity index is 1.31. The van der Waals surface area contributed by atoms with Crippen molar-refractivity contribution in [2.24, 2.45) is 0 Å². The quantitative estimate of drug-likeness (QED) is 0.271. The van der Waals surface area contributed by atoms with Gasteiger partial charge in [-0.3, -0.25) is 4.79 Å². The largest absolute Gasteiger partial charge is 0.495 e. The molecule has 0 aliphatic heterocycles. The zero-order chi connectivity index (χ0) is 22.9. The van der Waals surface area contributed by atoms with E-state index in [0.717, 1.165) is 21.7 Å². The fourth-order valence-electron chi connectivity index (χ4n) is 3.65. The topological polar surface area (TPSA) is 90.7 Å². The molecule has 0 saturated carbocycles. The van der Waals surface area contributed by atoms with Gasteiger partial charge in [-0.25, -0.2) is 9.78 Å². The molecule has 0 spiro atoms. The monoisotopic (exact) mass is 460 g/mol. The van der Waals surface area contributed by atoms with Crippen molar-refractivity contribution in [1.29, 1.82) is 0 Å². The second-order valence-electron chi connectivity index (χ2n) is 7.31. The summed E-state index contributed by atoms with van der Waals surface area (Å²) in [7, 11) is 1.51. The van der Waals surface area contributed by atoms with Gasteiger partial charge < -0.3 is 19.2 Å². The molecule has 33 heavy (non-hydrogen) atoms. The number of halogens is 1. The van der Waals surface area contributed by atoms with E-state index in [2.05, 4.69) is 10.3 Å². The fraction of sp³-hybridized carbons (Fsp3) is 0.0800. The van der Waals surface area contributed by atoms with Gasteiger partial charge in [0.05, 0.1) is 23.9 Å². The molecular weight excluding hydrogens is 444 g/mol. The Kier molecular flexibility index (Phi) is 5.32. The van der Waals surface area contributed by atoms with Crippen LogP contribution in [0.2, 0.25) is 5.15 Å². The molecule has 0 unspecified atom stereocenters. The third-order valence-electron chi connectivity index (χ3n) is 5.20. The summed E-state index contributed by atoms with van der Waals surface area (Å²) < 4.78 is 16.5. The molecule has 3 aromatic carbocycles. The minimum atomic E-state index is -0.623. The Bertz CT molecular complexity index is 1540. The van der Waals surface area contributed by atoms with Gasteiger partial charge in [0.2, 0.25) is 0 Å². The van der Waals surface area contributed by atoms with Crippen LogP contribution in [0.3, 0.4) is 0 Å². The number of hydrogen-bond acceptors (Lipinski definition) is 6. The number of furan rings is 1. The highest BCUT2D eigenvalue weighted by Gasteiger charge is 2.16. The van der Waals surface area contributed by atoms with Crippen LogP contribution in [0.25, 0.3) is 32.8 Å². The molecule has 0 aliphatic rings. The number of hydrogen-bond donors (Lipinski definition) is 1. The molecule has 8 heteroatoms. The lowest BCUT2D eigenvalue weighted by Crippen LogP contribution is -2.21. The van der Waals surface area contributed by atoms with Crippen molar-refractivity contribution in [3.8, 4) is 5.75 Å². The summed E-state index contributed by atoms with van der Waals surface area (Å²) in [5, 5.41) is 5.64. The first kappa shape index (κ1) is 20.8. The second-order valence-corrected chi connectivity index (χ2v) is 7.70. The minimum absolute atomic E-state index is 0.306. The summed E-state index contributed by atoms with van der Waals surface area (Å²) in [5.41, 5.74) is 2.72. The van der Waals surface area contributed by atoms with Gasteiger partial charge in [-0.1, -0.05) is 29.8 Å². The fourth-order valence-corrected chi connectivity index (χ4v) is 3.80. The highest BCUT2D eigenvalue weighted by molar-refractivity contribution is 6.29. The van der Waals surface area contributed by atoms with Crippen LogP contribution in [-0.2, 0) is 9.53 Å². The van der Waals surface area contributed by atoms with Gasteiger partial charge >= 0.3 is 5.97 Å². The first-order valence-electron chi connectivity index (χ1n) is 10.0. The number of fused-ring (bicyclic) bond motifs is 4. The van der Waals surface area contributed by atoms with Crippen LogP contribution in [0.15, 0.2) is 71.1 Å². The van der Waals surface area contributed by atoms with Crippen molar-refractivity contribution >= 4 is 62.0 Å². The number of para-hydroxylation sites is 1. The molecule has 0 radical (unpaired) electrons. The van der Waals surface area contributed by atoms with E-state index in [0.29, 0.717) is 33.3 Å². The van der Waals surface area contributed by atoms with Crippen LogP contribution in [0, 0.1) is 0 Å². The molecule has 0 fully saturated rings. The second kappa shape index (κ2) is 8.44. The standard InChI is InChI=1S/C25H17ClN2O5/c1-31-22-11-17-16-4-2-3-5-20(16)33-21(17)12-19(22)28-24(29)13-32-25(30)15-6-8-18-14(10-15)7-9-23(26)27-18/h2-12H,13H2,1H3,(H,28,29). The predicted octanol–water partition coefficient (Wildman–Crippen LogP) is 5.59. The van der Waals surface area contributed by atoms with E-state index >= 15 is 0 Å². The van der Waals surface area contributed by atoms with Crippen LogP contribution in [0.1, 0.15) is 10.4 Å². The van der Waals surface area contributed by atoms with Crippen molar-refractivity contribution in [1.82, 2.24) is 4.98 Å². The van der Waals surface area contributed by atoms with Gasteiger partial charge in [0.25, 0.3) is 5.91 Å². The van der Waals surface area contributed by atoms with Gasteiger partial charge in [-0.05, 0) is 42.5 Å². The Hall–Kier alpha value is -4.10. The number of methoxy groups -OCH3 is 1. The number of carbonyl (C=O) groups is 2. The third kappa shape index (κ3) is 4.06. The molecule has 0 bridgehead atoms. The van der Waals surface area contributed by atoms with Crippen molar-refractivity contribution in [3.63, 3.8) is 0 Å². The highest BCUT2D eigenvalue weighted by atomic mass is 35.5. The maximum Gasteiger partial charge on any atom is 0.338 e. The van der Waals surface area contributed by atoms with Crippen LogP contribution in [-0.4, -0.2) is 30.6 Å². The molecule has 0 atom stereocenters. The van der Waals surface area contributed by atoms with Crippen LogP contribution < -0.4 is 10.1 Å². The van der Waals surface area contributed by atoms with Crippen molar-refractivity contribution in [3.05, 3.63) is 77.4 Å². The number of pyridine rings is 1. The Labute approximate surface area is 192 Å². The number of esters is 1. The third-order valence-corrected chi connectivity index (χ3v) is 5.41. The average Bonchev–Trinajstić information content (AvgIpc) is 3.19. The van der Waals surface area contributed by atoms with Crippen LogP contribution in [0.4, 0.5) is 5.69 Å². The molecule has 0 saturated heterocycles. The number of anilines is 1. The van der Waals surface area contributed by atoms with Gasteiger partial charge in [-0.15, -0.1) is 0 Å². The first-order valence-corrected chi connectivity index (χ1v) is 10.4. The Morgan fingerprint density at radius 1 is 1.00 bits per heavy atom. The summed E-state index contributed by atoms with van der Waals surface area (Å²) >= 11 is 5.88. The van der Waals surface area contributed by atoms with Crippen LogP contribution in [0.5, 0.6) is 5.75 Å². The maximum absolute atomic E-state index is 12.5. The number of benzene rings is 3. The van der Waals surface area contributed by atoms with E-state index in [9.17, 15) is 9.59 Å². The number of ether oxygens (including phenoxy) is 2. The number of amides is 1. The lowest BCUT2D eigenvalue weighted by molar-refractivity contribution is -0.119. The summed E-state index contributed by atoms with van der Waals surface area (Å²) in [6.45, 7) is -0.461. The summed E-state index contributed by atoms with van der Waals surface area (Å²) in [6.07, 6.45) is 0. The van der Waals surface area contributed by atoms with E-state index in [1.54, 1.807) is 42.5 Å². The Morgan fingerprint density at radius 3 is 2.70 bits per heavy atom. The normalized spacial score (nSPS) is 11.1. The number of aromatic nitrogens is 1. The van der Waals surface area contributed by atoms with Gasteiger partial charge in [0.15, 0.2) is 6.61 Å². The van der Waals surface area contributed by atoms with Gasteiger partial charge in [0.1, 0.15) is 22.1 Å². The van der Waals surface area contributed by atoms with Crippen molar-refractivity contribution in [2.45, 2.75) is 0 Å². The molecule has 5 aromatic rings. The van der Waals surface area contributed by atoms with E-state index in [-0.39, 0.29) is 0 Å². The lowest BCUT2D eigenvalue weighted by Gasteiger charge is -2.11. The number of nitrogens with zero attached hydrogens (tertiary/aromatic N) is 1. The van der Waals surface area contributed by atoms with E-state index in [1.165, 1.54) is 7.11 Å². The lowest BCUT2D eigenvalue weighted by atomic mass is 10.1. The molecule has 2 aromatic heterocycles. The molecule has 2 heterocycles. The molecule has 0 aliphatic carbocycles. The summed E-state index contributed by atoms with van der Waals surface area (Å²) in [5.74, 6) is -0.664. The van der Waals surface area contributed by atoms with E-state index in [1.807, 2.05) is 24.3 Å². The average molecular weight is 461 g/mol. The van der Waals surface area contributed by atoms with Gasteiger partial charge in [0, 0.05) is 22.2 Å². The SMILES string of the molecule is COc1cc2c(cc1NC(=O)COC(=O)c1ccc3nc(Cl)ccc3c1)oc1ccccc12. The molecule has 164 valence electrons. The van der Waals surface area contributed by atoms with Gasteiger partial charge in [-0.2, -0.15) is 0 Å². The van der Waals surface area contributed by atoms with Crippen molar-refractivity contribution < 1.29 is 23.5 Å². The number of carbonyl (C=O) groups excluding carboxylic acids is 2. The van der Waals surface area contributed by atoms with Crippen LogP contribution >= 0.6 is 11.6 Å². The zero-order valence-electron chi connectivity index (χ0n) is 17.4. The smallest absolute Gasteiger partial charge is 0.338 e. The first-order chi connectivity index (χ1) is 16.0. The maximum atomic E-state index is 12.5. The molecule has 7 nitrogen and oxygen atoms in total. The highest BCUT2D eigenvalue weighted by Crippen LogP contribution is 2.36. The number of rotatable bonds is 5.